The lowest BCUT2D eigenvalue weighted by molar-refractivity contribution is -0.185. The number of methoxy groups -OCH3 is 1. The van der Waals surface area contributed by atoms with Crippen molar-refractivity contribution in [3.05, 3.63) is 35.5 Å². The molecule has 0 radical (unpaired) electrons. The van der Waals surface area contributed by atoms with Gasteiger partial charge < -0.3 is 20.3 Å². The monoisotopic (exact) mass is 361 g/mol. The van der Waals surface area contributed by atoms with Gasteiger partial charge in [-0.25, -0.2) is 0 Å². The van der Waals surface area contributed by atoms with Crippen LogP contribution in [0.3, 0.4) is 0 Å². The van der Waals surface area contributed by atoms with Gasteiger partial charge in [-0.05, 0) is 69.3 Å². The second kappa shape index (κ2) is 8.83. The first-order valence-corrected chi connectivity index (χ1v) is 10.2. The van der Waals surface area contributed by atoms with E-state index in [0.29, 0.717) is 19.1 Å². The predicted molar refractivity (Wildman–Crippen MR) is 105 cm³/mol. The number of allylic oxidation sites excluding steroid dienone is 5. The lowest BCUT2D eigenvalue weighted by atomic mass is 9.78. The molecule has 4 nitrogen and oxygen atoms in total. The molecule has 26 heavy (non-hydrogen) atoms. The summed E-state index contributed by atoms with van der Waals surface area (Å²) in [6.07, 6.45) is 18.9. The first-order chi connectivity index (χ1) is 12.6. The number of rotatable bonds is 8. The van der Waals surface area contributed by atoms with E-state index in [1.807, 2.05) is 6.08 Å². The van der Waals surface area contributed by atoms with Crippen molar-refractivity contribution < 1.29 is 14.6 Å². The molecule has 0 aromatic rings. The molecule has 2 bridgehead atoms. The van der Waals surface area contributed by atoms with Crippen molar-refractivity contribution >= 4 is 0 Å². The van der Waals surface area contributed by atoms with Crippen molar-refractivity contribution in [3.8, 4) is 0 Å². The van der Waals surface area contributed by atoms with Crippen LogP contribution in [0.25, 0.3) is 0 Å². The first-order valence-electron chi connectivity index (χ1n) is 10.2. The molecule has 1 aliphatic carbocycles. The maximum Gasteiger partial charge on any atom is 0.0930 e. The minimum absolute atomic E-state index is 0.0913. The summed E-state index contributed by atoms with van der Waals surface area (Å²) in [4.78, 5) is 0. The van der Waals surface area contributed by atoms with E-state index in [1.54, 1.807) is 12.7 Å². The Hall–Kier alpha value is -0.940. The Bertz CT molecular complexity index is 568. The molecule has 2 heterocycles. The lowest BCUT2D eigenvalue weighted by Crippen LogP contribution is -2.48. The van der Waals surface area contributed by atoms with Crippen LogP contribution in [-0.2, 0) is 9.47 Å². The molecule has 2 saturated heterocycles. The molecule has 2 fully saturated rings. The van der Waals surface area contributed by atoms with Gasteiger partial charge in [-0.15, -0.1) is 0 Å². The second-order valence-corrected chi connectivity index (χ2v) is 8.32. The van der Waals surface area contributed by atoms with Gasteiger partial charge in [0.2, 0.25) is 0 Å². The van der Waals surface area contributed by atoms with E-state index >= 15 is 0 Å². The van der Waals surface area contributed by atoms with E-state index in [-0.39, 0.29) is 12.2 Å². The van der Waals surface area contributed by atoms with Crippen LogP contribution in [0.5, 0.6) is 0 Å². The highest BCUT2D eigenvalue weighted by molar-refractivity contribution is 5.28. The van der Waals surface area contributed by atoms with Crippen molar-refractivity contribution in [2.24, 2.45) is 11.7 Å². The number of aliphatic hydroxyl groups is 1. The van der Waals surface area contributed by atoms with Crippen LogP contribution in [-0.4, -0.2) is 43.2 Å². The van der Waals surface area contributed by atoms with Gasteiger partial charge in [0.05, 0.1) is 24.4 Å². The normalized spacial score (nSPS) is 35.1. The van der Waals surface area contributed by atoms with E-state index in [1.165, 1.54) is 31.3 Å². The molecule has 0 unspecified atom stereocenters. The average molecular weight is 362 g/mol. The van der Waals surface area contributed by atoms with Crippen LogP contribution in [0.1, 0.15) is 57.8 Å². The summed E-state index contributed by atoms with van der Waals surface area (Å²) < 4.78 is 11.9. The van der Waals surface area contributed by atoms with E-state index in [2.05, 4.69) is 18.2 Å². The van der Waals surface area contributed by atoms with Gasteiger partial charge in [0.1, 0.15) is 0 Å². The van der Waals surface area contributed by atoms with Crippen LogP contribution >= 0.6 is 0 Å². The summed E-state index contributed by atoms with van der Waals surface area (Å²) in [5.41, 5.74) is 7.99. The quantitative estimate of drug-likeness (QED) is 0.511. The average Bonchev–Trinajstić information content (AvgIpc) is 2.94. The molecule has 2 aliphatic heterocycles. The standard InChI is InChI=1S/C22H35NO3/c1-25-17-22-12-11-21(16-24,26-22)14-20(15-22)19(8-5-13-23)10-9-18-6-3-2-4-7-18/h5-6,8,10,20,24H,2-4,7,9,11-17,23H2,1H3/b8-5-,19-10+/t20-,21-,22+/m1/s1. The molecule has 0 saturated carbocycles. The van der Waals surface area contributed by atoms with Gasteiger partial charge in [-0.2, -0.15) is 0 Å². The largest absolute Gasteiger partial charge is 0.393 e. The molecule has 0 aromatic carbocycles. The van der Waals surface area contributed by atoms with Crippen molar-refractivity contribution in [2.75, 3.05) is 26.9 Å². The first kappa shape index (κ1) is 19.8. The summed E-state index contributed by atoms with van der Waals surface area (Å²) in [5.74, 6) is 0.389. The maximum absolute atomic E-state index is 10.0. The maximum atomic E-state index is 10.0. The zero-order valence-electron chi connectivity index (χ0n) is 16.2. The van der Waals surface area contributed by atoms with Gasteiger partial charge in [-0.1, -0.05) is 29.9 Å². The van der Waals surface area contributed by atoms with Crippen LogP contribution in [0.4, 0.5) is 0 Å². The predicted octanol–water partition coefficient (Wildman–Crippen LogP) is 3.65. The Kier molecular flexibility index (Phi) is 6.73. The minimum Gasteiger partial charge on any atom is -0.393 e. The van der Waals surface area contributed by atoms with Gasteiger partial charge in [0.15, 0.2) is 0 Å². The fourth-order valence-corrected chi connectivity index (χ4v) is 5.02. The zero-order chi connectivity index (χ0) is 18.5. The number of fused-ring (bicyclic) bond motifs is 2. The Labute approximate surface area is 158 Å². The Morgan fingerprint density at radius 1 is 1.35 bits per heavy atom. The molecule has 146 valence electrons. The molecule has 4 heteroatoms. The lowest BCUT2D eigenvalue weighted by Gasteiger charge is -2.43. The van der Waals surface area contributed by atoms with Crippen LogP contribution < -0.4 is 5.73 Å². The molecule has 3 rings (SSSR count). The number of hydrogen-bond donors (Lipinski definition) is 2. The third kappa shape index (κ3) is 4.48. The fraction of sp³-hybridized carbons (Fsp3) is 0.727. The van der Waals surface area contributed by atoms with E-state index < -0.39 is 5.60 Å². The highest BCUT2D eigenvalue weighted by atomic mass is 16.6. The van der Waals surface area contributed by atoms with Gasteiger partial charge >= 0.3 is 0 Å². The van der Waals surface area contributed by atoms with E-state index in [0.717, 1.165) is 32.1 Å². The number of hydrogen-bond acceptors (Lipinski definition) is 4. The summed E-state index contributed by atoms with van der Waals surface area (Å²) in [7, 11) is 1.74. The van der Waals surface area contributed by atoms with E-state index in [9.17, 15) is 5.11 Å². The highest BCUT2D eigenvalue weighted by Gasteiger charge is 2.55. The topological polar surface area (TPSA) is 64.7 Å². The summed E-state index contributed by atoms with van der Waals surface area (Å²) in [6, 6.07) is 0. The smallest absolute Gasteiger partial charge is 0.0930 e. The molecule has 3 atom stereocenters. The van der Waals surface area contributed by atoms with Crippen molar-refractivity contribution in [1.82, 2.24) is 0 Å². The van der Waals surface area contributed by atoms with Gasteiger partial charge in [0, 0.05) is 13.7 Å². The van der Waals surface area contributed by atoms with Crippen LogP contribution in [0.15, 0.2) is 35.5 Å². The number of aliphatic hydroxyl groups excluding tert-OH is 1. The Morgan fingerprint density at radius 2 is 2.15 bits per heavy atom. The third-order valence-electron chi connectivity index (χ3n) is 6.30. The van der Waals surface area contributed by atoms with Crippen molar-refractivity contribution in [3.63, 3.8) is 0 Å². The van der Waals surface area contributed by atoms with Crippen LogP contribution in [0.2, 0.25) is 0 Å². The molecule has 0 amide bonds. The third-order valence-corrected chi connectivity index (χ3v) is 6.30. The highest BCUT2D eigenvalue weighted by Crippen LogP contribution is 2.52. The summed E-state index contributed by atoms with van der Waals surface area (Å²) in [5, 5.41) is 10.0. The Balaban J connectivity index is 1.81. The molecular formula is C22H35NO3. The minimum atomic E-state index is -0.402. The van der Waals surface area contributed by atoms with Crippen molar-refractivity contribution in [2.45, 2.75) is 69.0 Å². The number of nitrogens with two attached hydrogens (primary N) is 1. The summed E-state index contributed by atoms with van der Waals surface area (Å²) >= 11 is 0. The zero-order valence-corrected chi connectivity index (χ0v) is 16.2. The molecular weight excluding hydrogens is 326 g/mol. The van der Waals surface area contributed by atoms with Gasteiger partial charge in [-0.3, -0.25) is 0 Å². The molecule has 3 aliphatic rings. The summed E-state index contributed by atoms with van der Waals surface area (Å²) in [6.45, 7) is 1.25. The SMILES string of the molecule is COC[C@]12CC[C@](CO)(C[C@@H](C(/C=C\CN)=C/CC3=CCCCC3)C1)O2. The molecule has 3 N–H and O–H groups in total. The molecule has 0 aromatic heterocycles. The molecule has 0 spiro atoms. The van der Waals surface area contributed by atoms with E-state index in [4.69, 9.17) is 15.2 Å². The Morgan fingerprint density at radius 3 is 2.85 bits per heavy atom. The van der Waals surface area contributed by atoms with Gasteiger partial charge in [0.25, 0.3) is 0 Å². The second-order valence-electron chi connectivity index (χ2n) is 8.32. The van der Waals surface area contributed by atoms with Crippen LogP contribution in [0, 0.1) is 5.92 Å². The number of ether oxygens (including phenoxy) is 2. The van der Waals surface area contributed by atoms with Crippen molar-refractivity contribution in [1.29, 1.82) is 0 Å². The fourth-order valence-electron chi connectivity index (χ4n) is 5.02.